The first-order valence-corrected chi connectivity index (χ1v) is 8.99. The monoisotopic (exact) mass is 349 g/mol. The smallest absolute Gasteiger partial charge is 0.260 e. The van der Waals surface area contributed by atoms with E-state index in [1.807, 2.05) is 36.4 Å². The summed E-state index contributed by atoms with van der Waals surface area (Å²) >= 11 is 0. The van der Waals surface area contributed by atoms with Gasteiger partial charge < -0.3 is 14.2 Å². The van der Waals surface area contributed by atoms with Gasteiger partial charge in [-0.15, -0.1) is 0 Å². The summed E-state index contributed by atoms with van der Waals surface area (Å²) in [6.45, 7) is 1.28. The number of rotatable bonds is 5. The maximum Gasteiger partial charge on any atom is 0.260 e. The lowest BCUT2D eigenvalue weighted by atomic mass is 10.0. The van der Waals surface area contributed by atoms with Crippen LogP contribution in [0, 0.1) is 0 Å². The number of nitrogens with zero attached hydrogens (tertiary/aromatic N) is 3. The van der Waals surface area contributed by atoms with Gasteiger partial charge in [0.25, 0.3) is 5.91 Å². The molecular weight excluding hydrogens is 330 g/mol. The summed E-state index contributed by atoms with van der Waals surface area (Å²) in [7, 11) is 0. The summed E-state index contributed by atoms with van der Waals surface area (Å²) in [4.78, 5) is 18.5. The third-order valence-electron chi connectivity index (χ3n) is 5.07. The van der Waals surface area contributed by atoms with Crippen molar-refractivity contribution < 1.29 is 14.1 Å². The van der Waals surface area contributed by atoms with Gasteiger partial charge in [-0.3, -0.25) is 4.79 Å². The first-order chi connectivity index (χ1) is 12.8. The number of aromatic nitrogens is 2. The van der Waals surface area contributed by atoms with E-state index in [2.05, 4.69) is 16.2 Å². The Bertz CT molecular complexity index is 958. The fraction of sp³-hybridized carbons (Fsp3) is 0.350. The quantitative estimate of drug-likeness (QED) is 0.708. The van der Waals surface area contributed by atoms with Gasteiger partial charge in [-0.05, 0) is 35.7 Å². The van der Waals surface area contributed by atoms with Gasteiger partial charge in [-0.2, -0.15) is 4.98 Å². The molecule has 6 nitrogen and oxygen atoms in total. The van der Waals surface area contributed by atoms with Crippen LogP contribution in [-0.4, -0.2) is 40.6 Å². The minimum absolute atomic E-state index is 0.0173. The van der Waals surface area contributed by atoms with Gasteiger partial charge in [0.15, 0.2) is 12.4 Å². The molecule has 2 fully saturated rings. The summed E-state index contributed by atoms with van der Waals surface area (Å²) in [5, 5.41) is 6.29. The van der Waals surface area contributed by atoms with Crippen molar-refractivity contribution in [2.24, 2.45) is 0 Å². The van der Waals surface area contributed by atoms with Crippen LogP contribution < -0.4 is 4.74 Å². The van der Waals surface area contributed by atoms with Crippen molar-refractivity contribution in [3.05, 3.63) is 54.2 Å². The number of likely N-dealkylation sites (tertiary alicyclic amines) is 1. The zero-order chi connectivity index (χ0) is 17.5. The summed E-state index contributed by atoms with van der Waals surface area (Å²) in [5.74, 6) is 2.81. The summed E-state index contributed by atoms with van der Waals surface area (Å²) in [5.41, 5.74) is 0. The topological polar surface area (TPSA) is 68.5 Å². The molecule has 2 heterocycles. The predicted molar refractivity (Wildman–Crippen MR) is 95.0 cm³/mol. The van der Waals surface area contributed by atoms with Crippen molar-refractivity contribution in [2.45, 2.75) is 24.7 Å². The van der Waals surface area contributed by atoms with Crippen LogP contribution in [-0.2, 0) is 4.79 Å². The Kier molecular flexibility index (Phi) is 3.62. The fourth-order valence-corrected chi connectivity index (χ4v) is 3.25. The van der Waals surface area contributed by atoms with Crippen molar-refractivity contribution in [1.82, 2.24) is 15.0 Å². The standard InChI is InChI=1S/C20H19N3O3/c24-18(12-25-17-8-7-13-3-1-2-4-15(13)9-17)23-10-16(11-23)20-21-19(22-26-20)14-5-6-14/h1-4,7-9,14,16H,5-6,10-12H2. The first kappa shape index (κ1) is 15.4. The second-order valence-corrected chi connectivity index (χ2v) is 7.06. The molecule has 0 unspecified atom stereocenters. The zero-order valence-corrected chi connectivity index (χ0v) is 14.3. The molecule has 1 saturated carbocycles. The minimum Gasteiger partial charge on any atom is -0.484 e. The van der Waals surface area contributed by atoms with Crippen molar-refractivity contribution in [2.75, 3.05) is 19.7 Å². The molecule has 1 aliphatic carbocycles. The van der Waals surface area contributed by atoms with E-state index in [1.54, 1.807) is 4.90 Å². The first-order valence-electron chi connectivity index (χ1n) is 8.99. The molecule has 1 saturated heterocycles. The van der Waals surface area contributed by atoms with E-state index >= 15 is 0 Å². The van der Waals surface area contributed by atoms with E-state index in [4.69, 9.17) is 9.26 Å². The molecule has 1 amide bonds. The van der Waals surface area contributed by atoms with Gasteiger partial charge in [-0.1, -0.05) is 35.5 Å². The van der Waals surface area contributed by atoms with Gasteiger partial charge in [0.2, 0.25) is 5.89 Å². The van der Waals surface area contributed by atoms with Crippen LogP contribution in [0.1, 0.15) is 36.4 Å². The molecule has 132 valence electrons. The van der Waals surface area contributed by atoms with Gasteiger partial charge in [0.1, 0.15) is 5.75 Å². The second kappa shape index (κ2) is 6.12. The maximum atomic E-state index is 12.3. The van der Waals surface area contributed by atoms with Gasteiger partial charge in [0.05, 0.1) is 5.92 Å². The molecule has 2 aromatic carbocycles. The van der Waals surface area contributed by atoms with E-state index in [9.17, 15) is 4.79 Å². The number of hydrogen-bond donors (Lipinski definition) is 0. The van der Waals surface area contributed by atoms with Crippen molar-refractivity contribution in [3.63, 3.8) is 0 Å². The fourth-order valence-electron chi connectivity index (χ4n) is 3.25. The summed E-state index contributed by atoms with van der Waals surface area (Å²) < 4.78 is 11.0. The molecule has 0 radical (unpaired) electrons. The number of carbonyl (C=O) groups is 1. The lowest BCUT2D eigenvalue weighted by molar-refractivity contribution is -0.138. The largest absolute Gasteiger partial charge is 0.484 e. The highest BCUT2D eigenvalue weighted by molar-refractivity contribution is 5.84. The number of fused-ring (bicyclic) bond motifs is 1. The lowest BCUT2D eigenvalue weighted by Gasteiger charge is -2.36. The van der Waals surface area contributed by atoms with E-state index in [0.29, 0.717) is 30.6 Å². The SMILES string of the molecule is O=C(COc1ccc2ccccc2c1)N1CC(c2nc(C3CC3)no2)C1. The van der Waals surface area contributed by atoms with E-state index in [0.717, 1.165) is 29.4 Å². The molecule has 2 aliphatic rings. The molecule has 0 bridgehead atoms. The molecule has 6 heteroatoms. The Morgan fingerprint density at radius 3 is 2.73 bits per heavy atom. The van der Waals surface area contributed by atoms with Crippen LogP contribution in [0.2, 0.25) is 0 Å². The summed E-state index contributed by atoms with van der Waals surface area (Å²) in [6, 6.07) is 13.9. The van der Waals surface area contributed by atoms with Gasteiger partial charge in [-0.25, -0.2) is 0 Å². The third kappa shape index (κ3) is 2.92. The Hall–Kier alpha value is -2.89. The van der Waals surface area contributed by atoms with E-state index < -0.39 is 0 Å². The van der Waals surface area contributed by atoms with Crippen LogP contribution in [0.4, 0.5) is 0 Å². The van der Waals surface area contributed by atoms with E-state index in [-0.39, 0.29) is 18.4 Å². The Morgan fingerprint density at radius 2 is 1.92 bits per heavy atom. The molecule has 26 heavy (non-hydrogen) atoms. The Balaban J connectivity index is 1.15. The maximum absolute atomic E-state index is 12.3. The normalized spacial score (nSPS) is 17.3. The molecule has 0 atom stereocenters. The number of carbonyl (C=O) groups excluding carboxylic acids is 1. The average Bonchev–Trinajstić information content (AvgIpc) is 3.37. The van der Waals surface area contributed by atoms with Gasteiger partial charge >= 0.3 is 0 Å². The van der Waals surface area contributed by atoms with Crippen LogP contribution in [0.15, 0.2) is 47.0 Å². The Morgan fingerprint density at radius 1 is 1.12 bits per heavy atom. The van der Waals surface area contributed by atoms with E-state index in [1.165, 1.54) is 0 Å². The molecule has 3 aromatic rings. The highest BCUT2D eigenvalue weighted by Gasteiger charge is 2.37. The number of hydrogen-bond acceptors (Lipinski definition) is 5. The third-order valence-corrected chi connectivity index (χ3v) is 5.07. The highest BCUT2D eigenvalue weighted by atomic mass is 16.5. The molecule has 5 rings (SSSR count). The van der Waals surface area contributed by atoms with Crippen LogP contribution in [0.5, 0.6) is 5.75 Å². The number of ether oxygens (including phenoxy) is 1. The zero-order valence-electron chi connectivity index (χ0n) is 14.3. The predicted octanol–water partition coefficient (Wildman–Crippen LogP) is 3.11. The van der Waals surface area contributed by atoms with Crippen LogP contribution in [0.25, 0.3) is 10.8 Å². The lowest BCUT2D eigenvalue weighted by Crippen LogP contribution is -2.50. The number of benzene rings is 2. The summed E-state index contributed by atoms with van der Waals surface area (Å²) in [6.07, 6.45) is 2.31. The van der Waals surface area contributed by atoms with Gasteiger partial charge in [0, 0.05) is 19.0 Å². The van der Waals surface area contributed by atoms with Crippen LogP contribution >= 0.6 is 0 Å². The molecule has 1 aliphatic heterocycles. The second-order valence-electron chi connectivity index (χ2n) is 7.06. The molecular formula is C20H19N3O3. The minimum atomic E-state index is -0.0173. The van der Waals surface area contributed by atoms with Crippen molar-refractivity contribution >= 4 is 16.7 Å². The van der Waals surface area contributed by atoms with Crippen molar-refractivity contribution in [1.29, 1.82) is 0 Å². The van der Waals surface area contributed by atoms with Crippen LogP contribution in [0.3, 0.4) is 0 Å². The van der Waals surface area contributed by atoms with Crippen molar-refractivity contribution in [3.8, 4) is 5.75 Å². The molecule has 1 aromatic heterocycles. The highest BCUT2D eigenvalue weighted by Crippen LogP contribution is 2.39. The number of amides is 1. The molecule has 0 spiro atoms. The molecule has 0 N–H and O–H groups in total. The average molecular weight is 349 g/mol. The Labute approximate surface area is 150 Å².